The maximum absolute atomic E-state index is 10.4. The highest BCUT2D eigenvalue weighted by molar-refractivity contribution is 5.93. The summed E-state index contributed by atoms with van der Waals surface area (Å²) < 4.78 is 6.19. The molecule has 0 spiro atoms. The third kappa shape index (κ3) is 5.19. The van der Waals surface area contributed by atoms with E-state index in [0.29, 0.717) is 12.1 Å². The number of ether oxygens (including phenoxy) is 1. The van der Waals surface area contributed by atoms with Crippen LogP contribution in [-0.4, -0.2) is 21.7 Å². The second-order valence-corrected chi connectivity index (χ2v) is 8.27. The largest absolute Gasteiger partial charge is 0.506 e. The van der Waals surface area contributed by atoms with Gasteiger partial charge in [-0.05, 0) is 30.7 Å². The van der Waals surface area contributed by atoms with Gasteiger partial charge in [-0.3, -0.25) is 0 Å². The SMILES string of the molecule is CCCCCCCCCCOc1cc(-c2cc3ccccc3[nH]2)nc2c(O)cccc12. The van der Waals surface area contributed by atoms with Gasteiger partial charge >= 0.3 is 0 Å². The molecule has 0 fully saturated rings. The summed E-state index contributed by atoms with van der Waals surface area (Å²) >= 11 is 0. The molecule has 31 heavy (non-hydrogen) atoms. The Bertz CT molecular complexity index is 1100. The molecule has 0 radical (unpaired) electrons. The molecule has 0 aliphatic heterocycles. The number of benzene rings is 2. The molecule has 162 valence electrons. The van der Waals surface area contributed by atoms with Crippen molar-refractivity contribution in [1.82, 2.24) is 9.97 Å². The fourth-order valence-corrected chi connectivity index (χ4v) is 4.09. The highest BCUT2D eigenvalue weighted by Crippen LogP contribution is 2.34. The van der Waals surface area contributed by atoms with Crippen molar-refractivity contribution in [1.29, 1.82) is 0 Å². The Labute approximate surface area is 184 Å². The molecule has 0 saturated heterocycles. The number of aromatic hydroxyl groups is 1. The van der Waals surface area contributed by atoms with Crippen molar-refractivity contribution in [3.05, 3.63) is 54.6 Å². The van der Waals surface area contributed by atoms with E-state index in [1.165, 1.54) is 44.9 Å². The standard InChI is InChI=1S/C27H32N2O2/c1-2-3-4-5-6-7-8-11-17-31-26-19-24(29-27-21(26)14-12-16-25(27)30)23-18-20-13-9-10-15-22(20)28-23/h9-10,12-16,18-19,28,30H,2-8,11,17H2,1H3. The van der Waals surface area contributed by atoms with Gasteiger partial charge in [0, 0.05) is 22.4 Å². The van der Waals surface area contributed by atoms with Gasteiger partial charge < -0.3 is 14.8 Å². The molecular formula is C27H32N2O2. The second-order valence-electron chi connectivity index (χ2n) is 8.27. The molecule has 2 aromatic heterocycles. The van der Waals surface area contributed by atoms with Crippen LogP contribution in [-0.2, 0) is 0 Å². The van der Waals surface area contributed by atoms with E-state index >= 15 is 0 Å². The summed E-state index contributed by atoms with van der Waals surface area (Å²) in [5.74, 6) is 0.949. The van der Waals surface area contributed by atoms with E-state index in [2.05, 4.69) is 30.1 Å². The number of rotatable bonds is 11. The summed E-state index contributed by atoms with van der Waals surface area (Å²) in [5, 5.41) is 12.4. The van der Waals surface area contributed by atoms with Gasteiger partial charge in [-0.1, -0.05) is 76.1 Å². The van der Waals surface area contributed by atoms with Gasteiger partial charge in [-0.15, -0.1) is 0 Å². The third-order valence-electron chi connectivity index (χ3n) is 5.84. The molecule has 0 unspecified atom stereocenters. The van der Waals surface area contributed by atoms with Gasteiger partial charge in [0.1, 0.15) is 17.0 Å². The summed E-state index contributed by atoms with van der Waals surface area (Å²) in [6.07, 6.45) is 10.2. The summed E-state index contributed by atoms with van der Waals surface area (Å²) in [6, 6.07) is 17.7. The summed E-state index contributed by atoms with van der Waals surface area (Å²) in [4.78, 5) is 8.16. The maximum Gasteiger partial charge on any atom is 0.141 e. The Hall–Kier alpha value is -3.01. The summed E-state index contributed by atoms with van der Waals surface area (Å²) in [6.45, 7) is 2.93. The van der Waals surface area contributed by atoms with E-state index in [4.69, 9.17) is 9.72 Å². The van der Waals surface area contributed by atoms with Crippen molar-refractivity contribution >= 4 is 21.8 Å². The van der Waals surface area contributed by atoms with E-state index in [0.717, 1.165) is 39.8 Å². The van der Waals surface area contributed by atoms with Crippen molar-refractivity contribution in [3.8, 4) is 22.9 Å². The van der Waals surface area contributed by atoms with Gasteiger partial charge in [0.2, 0.25) is 0 Å². The number of phenolic OH excluding ortho intramolecular Hbond substituents is 1. The third-order valence-corrected chi connectivity index (χ3v) is 5.84. The van der Waals surface area contributed by atoms with Crippen LogP contribution >= 0.6 is 0 Å². The minimum Gasteiger partial charge on any atom is -0.506 e. The Morgan fingerprint density at radius 2 is 1.65 bits per heavy atom. The van der Waals surface area contributed by atoms with Gasteiger partial charge in [0.05, 0.1) is 18.0 Å². The number of unbranched alkanes of at least 4 members (excludes halogenated alkanes) is 7. The predicted octanol–water partition coefficient (Wildman–Crippen LogP) is 7.61. The van der Waals surface area contributed by atoms with E-state index in [9.17, 15) is 5.11 Å². The maximum atomic E-state index is 10.4. The zero-order valence-electron chi connectivity index (χ0n) is 18.4. The van der Waals surface area contributed by atoms with Crippen LogP contribution in [0.25, 0.3) is 33.2 Å². The van der Waals surface area contributed by atoms with E-state index < -0.39 is 0 Å². The molecule has 0 aliphatic rings. The average molecular weight is 417 g/mol. The topological polar surface area (TPSA) is 58.1 Å². The lowest BCUT2D eigenvalue weighted by Gasteiger charge is -2.12. The number of nitrogens with zero attached hydrogens (tertiary/aromatic N) is 1. The molecule has 2 N–H and O–H groups in total. The minimum atomic E-state index is 0.174. The second kappa shape index (κ2) is 10.3. The van der Waals surface area contributed by atoms with Crippen molar-refractivity contribution in [3.63, 3.8) is 0 Å². The lowest BCUT2D eigenvalue weighted by Crippen LogP contribution is -1.99. The van der Waals surface area contributed by atoms with Gasteiger partial charge in [0.15, 0.2) is 0 Å². The predicted molar refractivity (Wildman–Crippen MR) is 129 cm³/mol. The summed E-state index contributed by atoms with van der Waals surface area (Å²) in [7, 11) is 0. The van der Waals surface area contributed by atoms with Crippen LogP contribution < -0.4 is 4.74 Å². The molecule has 4 heteroatoms. The van der Waals surface area contributed by atoms with E-state index in [-0.39, 0.29) is 5.75 Å². The van der Waals surface area contributed by atoms with Crippen LogP contribution in [0.2, 0.25) is 0 Å². The Morgan fingerprint density at radius 3 is 2.45 bits per heavy atom. The number of aromatic amines is 1. The quantitative estimate of drug-likeness (QED) is 0.247. The molecule has 0 saturated carbocycles. The molecule has 0 amide bonds. The first-order valence-electron chi connectivity index (χ1n) is 11.6. The number of nitrogens with one attached hydrogen (secondary N) is 1. The molecule has 2 aromatic carbocycles. The number of para-hydroxylation sites is 2. The molecule has 4 nitrogen and oxygen atoms in total. The first-order valence-corrected chi connectivity index (χ1v) is 11.6. The number of H-pyrrole nitrogens is 1. The lowest BCUT2D eigenvalue weighted by molar-refractivity contribution is 0.307. The van der Waals surface area contributed by atoms with Gasteiger partial charge in [-0.25, -0.2) is 4.98 Å². The number of fused-ring (bicyclic) bond motifs is 2. The molecule has 0 aliphatic carbocycles. The first-order chi connectivity index (χ1) is 15.3. The minimum absolute atomic E-state index is 0.174. The average Bonchev–Trinajstić information content (AvgIpc) is 3.23. The zero-order chi connectivity index (χ0) is 21.5. The van der Waals surface area contributed by atoms with Crippen LogP contribution in [0.5, 0.6) is 11.5 Å². The Morgan fingerprint density at radius 1 is 0.871 bits per heavy atom. The van der Waals surface area contributed by atoms with Crippen LogP contribution in [0, 0.1) is 0 Å². The molecule has 4 aromatic rings. The van der Waals surface area contributed by atoms with Crippen LogP contribution in [0.15, 0.2) is 54.6 Å². The smallest absolute Gasteiger partial charge is 0.141 e. The highest BCUT2D eigenvalue weighted by atomic mass is 16.5. The Kier molecular flexibility index (Phi) is 7.08. The van der Waals surface area contributed by atoms with Crippen molar-refractivity contribution in [2.75, 3.05) is 6.61 Å². The Balaban J connectivity index is 1.48. The molecule has 4 rings (SSSR count). The number of phenols is 1. The van der Waals surface area contributed by atoms with Gasteiger partial charge in [-0.2, -0.15) is 0 Å². The van der Waals surface area contributed by atoms with Crippen LogP contribution in [0.3, 0.4) is 0 Å². The number of aromatic nitrogens is 2. The number of pyridine rings is 1. The fraction of sp³-hybridized carbons (Fsp3) is 0.370. The number of hydrogen-bond acceptors (Lipinski definition) is 3. The van der Waals surface area contributed by atoms with Crippen LogP contribution in [0.4, 0.5) is 0 Å². The first kappa shape index (κ1) is 21.2. The molecule has 2 heterocycles. The van der Waals surface area contributed by atoms with Crippen molar-refractivity contribution < 1.29 is 9.84 Å². The lowest BCUT2D eigenvalue weighted by atomic mass is 10.1. The van der Waals surface area contributed by atoms with Crippen molar-refractivity contribution in [2.45, 2.75) is 58.3 Å². The monoisotopic (exact) mass is 416 g/mol. The highest BCUT2D eigenvalue weighted by Gasteiger charge is 2.13. The molecule has 0 atom stereocenters. The van der Waals surface area contributed by atoms with Crippen molar-refractivity contribution in [2.24, 2.45) is 0 Å². The molecular weight excluding hydrogens is 384 g/mol. The normalized spacial score (nSPS) is 11.4. The van der Waals surface area contributed by atoms with E-state index in [1.54, 1.807) is 6.07 Å². The fourth-order valence-electron chi connectivity index (χ4n) is 4.09. The van der Waals surface area contributed by atoms with E-state index in [1.807, 2.05) is 30.3 Å². The summed E-state index contributed by atoms with van der Waals surface area (Å²) in [5.41, 5.74) is 3.34. The molecule has 0 bridgehead atoms. The number of hydrogen-bond donors (Lipinski definition) is 2. The van der Waals surface area contributed by atoms with Gasteiger partial charge in [0.25, 0.3) is 0 Å². The van der Waals surface area contributed by atoms with Crippen LogP contribution in [0.1, 0.15) is 58.3 Å². The zero-order valence-corrected chi connectivity index (χ0v) is 18.4.